The van der Waals surface area contributed by atoms with Gasteiger partial charge in [0, 0.05) is 6.42 Å². The number of carboxylic acids is 1. The average molecular weight is 681 g/mol. The molecule has 1 aromatic rings. The second-order valence-corrected chi connectivity index (χ2v) is 13.0. The largest absolute Gasteiger partial charge is 0.480 e. The summed E-state index contributed by atoms with van der Waals surface area (Å²) in [5, 5.41) is 32.1. The summed E-state index contributed by atoms with van der Waals surface area (Å²) in [7, 11) is 0. The van der Waals surface area contributed by atoms with Crippen molar-refractivity contribution in [3.63, 3.8) is 0 Å². The van der Waals surface area contributed by atoms with E-state index in [1.165, 1.54) is 18.7 Å². The van der Waals surface area contributed by atoms with Crippen molar-refractivity contribution >= 4 is 47.3 Å². The maximum absolute atomic E-state index is 13.6. The molecule has 0 aromatic heterocycles. The van der Waals surface area contributed by atoms with Gasteiger partial charge in [-0.3, -0.25) is 24.0 Å². The summed E-state index contributed by atoms with van der Waals surface area (Å²) in [6, 6.07) is 1.97. The van der Waals surface area contributed by atoms with Crippen molar-refractivity contribution in [3.05, 3.63) is 35.9 Å². The molecule has 0 radical (unpaired) electrons. The summed E-state index contributed by atoms with van der Waals surface area (Å²) in [6.45, 7) is 7.94. The lowest BCUT2D eigenvalue weighted by atomic mass is 9.99. The zero-order valence-corrected chi connectivity index (χ0v) is 28.9. The number of carbonyl (C=O) groups is 6. The van der Waals surface area contributed by atoms with Crippen molar-refractivity contribution in [1.82, 2.24) is 26.6 Å². The Morgan fingerprint density at radius 1 is 0.787 bits per heavy atom. The Bertz CT molecular complexity index is 1190. The predicted molar refractivity (Wildman–Crippen MR) is 180 cm³/mol. The third-order valence-corrected chi connectivity index (χ3v) is 8.21. The van der Waals surface area contributed by atoms with Gasteiger partial charge in [-0.1, -0.05) is 64.4 Å². The maximum atomic E-state index is 13.6. The molecule has 14 nitrogen and oxygen atoms in total. The highest BCUT2D eigenvalue weighted by atomic mass is 32.2. The van der Waals surface area contributed by atoms with Crippen LogP contribution in [-0.4, -0.2) is 101 Å². The summed E-state index contributed by atoms with van der Waals surface area (Å²) < 4.78 is 0. The van der Waals surface area contributed by atoms with Crippen LogP contribution in [0.1, 0.15) is 59.4 Å². The molecule has 0 spiro atoms. The molecule has 1 rings (SSSR count). The number of aliphatic hydroxyl groups excluding tert-OH is 1. The van der Waals surface area contributed by atoms with Gasteiger partial charge in [0.25, 0.3) is 0 Å². The number of carboxylic acid groups (broad SMARTS) is 1. The number of hydrogen-bond donors (Lipinski definition) is 8. The Balaban J connectivity index is 3.14. The minimum Gasteiger partial charge on any atom is -0.480 e. The Morgan fingerprint density at radius 3 is 1.87 bits per heavy atom. The number of nitrogens with one attached hydrogen (secondary N) is 5. The van der Waals surface area contributed by atoms with Gasteiger partial charge < -0.3 is 42.5 Å². The van der Waals surface area contributed by atoms with Crippen molar-refractivity contribution in [2.75, 3.05) is 18.6 Å². The van der Waals surface area contributed by atoms with E-state index in [-0.39, 0.29) is 24.7 Å². The van der Waals surface area contributed by atoms with Gasteiger partial charge in [0.15, 0.2) is 0 Å². The van der Waals surface area contributed by atoms with E-state index >= 15 is 0 Å². The van der Waals surface area contributed by atoms with Gasteiger partial charge >= 0.3 is 5.97 Å². The Morgan fingerprint density at radius 2 is 1.34 bits per heavy atom. The van der Waals surface area contributed by atoms with Crippen LogP contribution in [0.25, 0.3) is 0 Å². The Hall–Kier alpha value is -3.69. The highest BCUT2D eigenvalue weighted by Crippen LogP contribution is 2.10. The number of carbonyl (C=O) groups excluding carboxylic acids is 5. The number of thioether (sulfide) groups is 1. The summed E-state index contributed by atoms with van der Waals surface area (Å²) in [5.74, 6) is -4.46. The van der Waals surface area contributed by atoms with Crippen LogP contribution in [0.2, 0.25) is 0 Å². The minimum absolute atomic E-state index is 0.0270. The van der Waals surface area contributed by atoms with Gasteiger partial charge in [-0.25, -0.2) is 4.79 Å². The molecule has 1 aromatic carbocycles. The quantitative estimate of drug-likeness (QED) is 0.0861. The summed E-state index contributed by atoms with van der Waals surface area (Å²) in [4.78, 5) is 77.2. The van der Waals surface area contributed by atoms with Gasteiger partial charge in [-0.2, -0.15) is 11.8 Å². The van der Waals surface area contributed by atoms with E-state index in [9.17, 15) is 39.0 Å². The Labute approximate surface area is 281 Å². The molecule has 0 aliphatic carbocycles. The summed E-state index contributed by atoms with van der Waals surface area (Å²) >= 11 is 1.43. The molecular weight excluding hydrogens is 628 g/mol. The van der Waals surface area contributed by atoms with E-state index in [0.29, 0.717) is 24.2 Å². The van der Waals surface area contributed by atoms with Crippen LogP contribution in [-0.2, 0) is 35.2 Å². The first-order valence-corrected chi connectivity index (χ1v) is 17.2. The molecule has 264 valence electrons. The fourth-order valence-electron chi connectivity index (χ4n) is 4.54. The fraction of sp³-hybridized carbons (Fsp3) is 0.625. The van der Waals surface area contributed by atoms with Crippen LogP contribution < -0.4 is 32.3 Å². The van der Waals surface area contributed by atoms with Crippen molar-refractivity contribution in [2.24, 2.45) is 17.6 Å². The standard InChI is InChI=1S/C32H52N6O8S/c1-7-19(4)26(32(45)46)38-27(40)20(5)34-29(42)23(13-14-47-6)35-30(43)24(16-21-11-9-8-10-12-21)36-31(44)25(17-39)37-28(41)22(33)15-18(2)3/h8-12,18-20,22-26,39H,7,13-17,33H2,1-6H3,(H,34,42)(H,35,43)(H,36,44)(H,37,41)(H,38,40)(H,45,46)/t19-,20-,22-,23-,24-,25-,26-/m0/s1. The zero-order chi connectivity index (χ0) is 35.7. The third-order valence-electron chi connectivity index (χ3n) is 7.57. The van der Waals surface area contributed by atoms with E-state index in [2.05, 4.69) is 26.6 Å². The molecule has 0 saturated carbocycles. The SMILES string of the molecule is CC[C@H](C)[C@H](NC(=O)[C@H](C)NC(=O)[C@H](CCSC)NC(=O)[C@H](Cc1ccccc1)NC(=O)[C@H](CO)NC(=O)[C@@H](N)CC(C)C)C(=O)O. The predicted octanol–water partition coefficient (Wildman–Crippen LogP) is -0.0775. The molecule has 15 heteroatoms. The lowest BCUT2D eigenvalue weighted by Crippen LogP contribution is -2.60. The van der Waals surface area contributed by atoms with E-state index < -0.39 is 78.4 Å². The Kier molecular flexibility index (Phi) is 18.7. The van der Waals surface area contributed by atoms with E-state index in [1.807, 2.05) is 20.1 Å². The first-order valence-electron chi connectivity index (χ1n) is 15.8. The van der Waals surface area contributed by atoms with Crippen molar-refractivity contribution in [1.29, 1.82) is 0 Å². The van der Waals surface area contributed by atoms with Gasteiger partial charge in [0.2, 0.25) is 29.5 Å². The summed E-state index contributed by atoms with van der Waals surface area (Å²) in [5.41, 5.74) is 6.62. The van der Waals surface area contributed by atoms with Crippen LogP contribution in [0.15, 0.2) is 30.3 Å². The molecule has 0 unspecified atom stereocenters. The van der Waals surface area contributed by atoms with Gasteiger partial charge in [0.05, 0.1) is 12.6 Å². The molecule has 9 N–H and O–H groups in total. The van der Waals surface area contributed by atoms with E-state index in [0.717, 1.165) is 0 Å². The minimum atomic E-state index is -1.38. The van der Waals surface area contributed by atoms with Gasteiger partial charge in [0.1, 0.15) is 30.2 Å². The van der Waals surface area contributed by atoms with Crippen LogP contribution in [0.3, 0.4) is 0 Å². The number of rotatable bonds is 21. The lowest BCUT2D eigenvalue weighted by Gasteiger charge is -2.26. The average Bonchev–Trinajstić information content (AvgIpc) is 3.02. The number of hydrogen-bond acceptors (Lipinski definition) is 9. The molecule has 0 saturated heterocycles. The van der Waals surface area contributed by atoms with Crippen molar-refractivity contribution in [2.45, 2.75) is 96.6 Å². The topological polar surface area (TPSA) is 229 Å². The molecule has 47 heavy (non-hydrogen) atoms. The molecule has 0 aliphatic rings. The molecule has 0 heterocycles. The number of nitrogens with two attached hydrogens (primary N) is 1. The smallest absolute Gasteiger partial charge is 0.326 e. The lowest BCUT2D eigenvalue weighted by molar-refractivity contribution is -0.143. The van der Waals surface area contributed by atoms with Gasteiger partial charge in [-0.05, 0) is 49.2 Å². The molecule has 0 bridgehead atoms. The molecule has 7 atom stereocenters. The molecular formula is C32H52N6O8S. The van der Waals surface area contributed by atoms with Crippen molar-refractivity contribution < 1.29 is 39.0 Å². The number of aliphatic carboxylic acids is 1. The highest BCUT2D eigenvalue weighted by Gasteiger charge is 2.32. The third kappa shape index (κ3) is 14.7. The second kappa shape index (κ2) is 21.2. The van der Waals surface area contributed by atoms with Crippen LogP contribution >= 0.6 is 11.8 Å². The van der Waals surface area contributed by atoms with Crippen LogP contribution in [0.5, 0.6) is 0 Å². The van der Waals surface area contributed by atoms with E-state index in [1.54, 1.807) is 44.2 Å². The zero-order valence-electron chi connectivity index (χ0n) is 28.1. The first kappa shape index (κ1) is 41.3. The van der Waals surface area contributed by atoms with Crippen molar-refractivity contribution in [3.8, 4) is 0 Å². The second-order valence-electron chi connectivity index (χ2n) is 12.0. The van der Waals surface area contributed by atoms with E-state index in [4.69, 9.17) is 5.73 Å². The maximum Gasteiger partial charge on any atom is 0.326 e. The monoisotopic (exact) mass is 680 g/mol. The van der Waals surface area contributed by atoms with Gasteiger partial charge in [-0.15, -0.1) is 0 Å². The number of benzene rings is 1. The molecule has 0 fully saturated rings. The molecule has 0 aliphatic heterocycles. The van der Waals surface area contributed by atoms with Crippen LogP contribution in [0, 0.1) is 11.8 Å². The molecule has 5 amide bonds. The fourth-order valence-corrected chi connectivity index (χ4v) is 5.01. The highest BCUT2D eigenvalue weighted by molar-refractivity contribution is 7.98. The summed E-state index contributed by atoms with van der Waals surface area (Å²) in [6.07, 6.45) is 2.91. The number of aliphatic hydroxyl groups is 1. The number of amides is 5. The van der Waals surface area contributed by atoms with Crippen LogP contribution in [0.4, 0.5) is 0 Å². The normalized spacial score (nSPS) is 15.6. The first-order chi connectivity index (χ1) is 22.1.